The molecular formula is C12H13N3O2S. The molecule has 18 heavy (non-hydrogen) atoms. The number of carbonyl (C=O) groups is 1. The molecule has 6 heteroatoms. The van der Waals surface area contributed by atoms with Gasteiger partial charge in [-0.3, -0.25) is 4.79 Å². The van der Waals surface area contributed by atoms with Crippen molar-refractivity contribution in [1.82, 2.24) is 9.97 Å². The first-order valence-electron chi connectivity index (χ1n) is 5.92. The van der Waals surface area contributed by atoms with Crippen molar-refractivity contribution in [2.45, 2.75) is 25.3 Å². The van der Waals surface area contributed by atoms with Crippen LogP contribution in [0.1, 0.15) is 19.3 Å². The third-order valence-corrected chi connectivity index (χ3v) is 4.18. The summed E-state index contributed by atoms with van der Waals surface area (Å²) in [6, 6.07) is 2.02. The zero-order valence-electron chi connectivity index (χ0n) is 9.74. The summed E-state index contributed by atoms with van der Waals surface area (Å²) in [7, 11) is 0. The summed E-state index contributed by atoms with van der Waals surface area (Å²) in [5, 5.41) is 10.9. The molecule has 1 atom stereocenters. The summed E-state index contributed by atoms with van der Waals surface area (Å²) in [4.78, 5) is 21.6. The molecule has 0 aromatic carbocycles. The van der Waals surface area contributed by atoms with Gasteiger partial charge in [-0.2, -0.15) is 0 Å². The molecule has 1 fully saturated rings. The van der Waals surface area contributed by atoms with E-state index < -0.39 is 5.97 Å². The smallest absolute Gasteiger partial charge is 0.305 e. The molecule has 1 aliphatic heterocycles. The predicted octanol–water partition coefficient (Wildman–Crippen LogP) is 2.13. The molecule has 0 bridgehead atoms. The van der Waals surface area contributed by atoms with Crippen LogP contribution in [0.2, 0.25) is 0 Å². The summed E-state index contributed by atoms with van der Waals surface area (Å²) in [6.45, 7) is 0.877. The molecule has 0 saturated carbocycles. The van der Waals surface area contributed by atoms with Gasteiger partial charge in [-0.05, 0) is 24.3 Å². The maximum absolute atomic E-state index is 10.9. The van der Waals surface area contributed by atoms with Gasteiger partial charge in [0.05, 0.1) is 16.6 Å². The lowest BCUT2D eigenvalue weighted by Gasteiger charge is -2.24. The Hall–Kier alpha value is -1.69. The van der Waals surface area contributed by atoms with E-state index in [9.17, 15) is 4.79 Å². The molecule has 3 heterocycles. The van der Waals surface area contributed by atoms with Gasteiger partial charge in [-0.25, -0.2) is 9.97 Å². The molecule has 0 spiro atoms. The molecule has 1 unspecified atom stereocenters. The average molecular weight is 263 g/mol. The lowest BCUT2D eigenvalue weighted by Crippen LogP contribution is -2.31. The maximum Gasteiger partial charge on any atom is 0.305 e. The third kappa shape index (κ3) is 1.92. The van der Waals surface area contributed by atoms with Crippen LogP contribution in [0.15, 0.2) is 17.8 Å². The van der Waals surface area contributed by atoms with Gasteiger partial charge in [0.25, 0.3) is 0 Å². The zero-order valence-corrected chi connectivity index (χ0v) is 10.6. The van der Waals surface area contributed by atoms with Crippen LogP contribution in [0.3, 0.4) is 0 Å². The van der Waals surface area contributed by atoms with Crippen LogP contribution >= 0.6 is 11.3 Å². The van der Waals surface area contributed by atoms with Crippen LogP contribution in [-0.4, -0.2) is 33.6 Å². The Labute approximate surface area is 108 Å². The van der Waals surface area contributed by atoms with Gasteiger partial charge in [-0.1, -0.05) is 0 Å². The van der Waals surface area contributed by atoms with Crippen LogP contribution in [-0.2, 0) is 4.79 Å². The van der Waals surface area contributed by atoms with E-state index in [0.29, 0.717) is 0 Å². The first-order chi connectivity index (χ1) is 8.75. The van der Waals surface area contributed by atoms with Crippen molar-refractivity contribution in [3.63, 3.8) is 0 Å². The van der Waals surface area contributed by atoms with E-state index in [1.165, 1.54) is 0 Å². The minimum absolute atomic E-state index is 0.0581. The fraction of sp³-hybridized carbons (Fsp3) is 0.417. The summed E-state index contributed by atoms with van der Waals surface area (Å²) < 4.78 is 1.05. The first kappa shape index (κ1) is 11.4. The number of anilines is 1. The van der Waals surface area contributed by atoms with Crippen LogP contribution in [0.25, 0.3) is 10.2 Å². The average Bonchev–Trinajstić information content (AvgIpc) is 2.95. The molecule has 1 N–H and O–H groups in total. The molecular weight excluding hydrogens is 250 g/mol. The van der Waals surface area contributed by atoms with E-state index in [1.54, 1.807) is 17.7 Å². The fourth-order valence-electron chi connectivity index (χ4n) is 2.51. The van der Waals surface area contributed by atoms with Gasteiger partial charge in [0.15, 0.2) is 0 Å². The van der Waals surface area contributed by atoms with Crippen molar-refractivity contribution >= 4 is 33.3 Å². The van der Waals surface area contributed by atoms with Gasteiger partial charge in [0.1, 0.15) is 12.1 Å². The SMILES string of the molecule is O=C(O)CC1CCCN1c1ncnc2ccsc12. The molecule has 94 valence electrons. The van der Waals surface area contributed by atoms with E-state index in [4.69, 9.17) is 5.11 Å². The van der Waals surface area contributed by atoms with Crippen molar-refractivity contribution in [2.75, 3.05) is 11.4 Å². The Morgan fingerprint density at radius 1 is 1.56 bits per heavy atom. The van der Waals surface area contributed by atoms with Gasteiger partial charge in [-0.15, -0.1) is 11.3 Å². The van der Waals surface area contributed by atoms with Crippen molar-refractivity contribution in [3.05, 3.63) is 17.8 Å². The van der Waals surface area contributed by atoms with Crippen molar-refractivity contribution in [2.24, 2.45) is 0 Å². The molecule has 2 aromatic rings. The molecule has 1 saturated heterocycles. The Morgan fingerprint density at radius 2 is 2.44 bits per heavy atom. The molecule has 0 amide bonds. The standard InChI is InChI=1S/C12H13N3O2S/c16-10(17)6-8-2-1-4-15(8)12-11-9(3-5-18-11)13-7-14-12/h3,5,7-8H,1-2,4,6H2,(H,16,17). The number of fused-ring (bicyclic) bond motifs is 1. The first-order valence-corrected chi connectivity index (χ1v) is 6.80. The lowest BCUT2D eigenvalue weighted by molar-refractivity contribution is -0.137. The highest BCUT2D eigenvalue weighted by molar-refractivity contribution is 7.17. The largest absolute Gasteiger partial charge is 0.481 e. The number of hydrogen-bond acceptors (Lipinski definition) is 5. The number of nitrogens with zero attached hydrogens (tertiary/aromatic N) is 3. The normalized spacial score (nSPS) is 19.6. The number of thiophene rings is 1. The Morgan fingerprint density at radius 3 is 3.28 bits per heavy atom. The van der Waals surface area contributed by atoms with Crippen LogP contribution in [0, 0.1) is 0 Å². The predicted molar refractivity (Wildman–Crippen MR) is 70.0 cm³/mol. The van der Waals surface area contributed by atoms with E-state index in [2.05, 4.69) is 14.9 Å². The topological polar surface area (TPSA) is 66.3 Å². The number of carboxylic acid groups (broad SMARTS) is 1. The Balaban J connectivity index is 1.98. The van der Waals surface area contributed by atoms with Crippen molar-refractivity contribution in [1.29, 1.82) is 0 Å². The monoisotopic (exact) mass is 263 g/mol. The van der Waals surface area contributed by atoms with Crippen molar-refractivity contribution in [3.8, 4) is 0 Å². The lowest BCUT2D eigenvalue weighted by atomic mass is 10.1. The van der Waals surface area contributed by atoms with Crippen LogP contribution in [0.4, 0.5) is 5.82 Å². The summed E-state index contributed by atoms with van der Waals surface area (Å²) >= 11 is 1.61. The second-order valence-electron chi connectivity index (χ2n) is 4.42. The highest BCUT2D eigenvalue weighted by Gasteiger charge is 2.29. The summed E-state index contributed by atoms with van der Waals surface area (Å²) in [6.07, 6.45) is 3.68. The fourth-order valence-corrected chi connectivity index (χ4v) is 3.36. The van der Waals surface area contributed by atoms with Gasteiger partial charge < -0.3 is 10.0 Å². The Bertz CT molecular complexity index is 583. The number of hydrogen-bond donors (Lipinski definition) is 1. The van der Waals surface area contributed by atoms with Gasteiger partial charge in [0, 0.05) is 12.6 Å². The van der Waals surface area contributed by atoms with Crippen LogP contribution < -0.4 is 4.90 Å². The highest BCUT2D eigenvalue weighted by atomic mass is 32.1. The second kappa shape index (κ2) is 4.53. The number of carboxylic acids is 1. The summed E-state index contributed by atoms with van der Waals surface area (Å²) in [5.41, 5.74) is 0.936. The second-order valence-corrected chi connectivity index (χ2v) is 5.34. The minimum Gasteiger partial charge on any atom is -0.481 e. The molecule has 3 rings (SSSR count). The van der Waals surface area contributed by atoms with E-state index in [-0.39, 0.29) is 12.5 Å². The number of rotatable bonds is 3. The molecule has 2 aromatic heterocycles. The number of aromatic nitrogens is 2. The third-order valence-electron chi connectivity index (χ3n) is 3.28. The Kier molecular flexibility index (Phi) is 2.87. The van der Waals surface area contributed by atoms with Gasteiger partial charge in [0.2, 0.25) is 0 Å². The van der Waals surface area contributed by atoms with Crippen molar-refractivity contribution < 1.29 is 9.90 Å². The van der Waals surface area contributed by atoms with E-state index >= 15 is 0 Å². The molecule has 0 aliphatic carbocycles. The molecule has 1 aliphatic rings. The maximum atomic E-state index is 10.9. The summed E-state index contributed by atoms with van der Waals surface area (Å²) in [5.74, 6) is 0.141. The molecule has 0 radical (unpaired) electrons. The quantitative estimate of drug-likeness (QED) is 0.919. The zero-order chi connectivity index (χ0) is 12.5. The van der Waals surface area contributed by atoms with E-state index in [1.807, 2.05) is 11.4 Å². The van der Waals surface area contributed by atoms with Gasteiger partial charge >= 0.3 is 5.97 Å². The number of aliphatic carboxylic acids is 1. The highest BCUT2D eigenvalue weighted by Crippen LogP contribution is 2.33. The van der Waals surface area contributed by atoms with E-state index in [0.717, 1.165) is 35.4 Å². The van der Waals surface area contributed by atoms with Crippen LogP contribution in [0.5, 0.6) is 0 Å². The minimum atomic E-state index is -0.747. The molecule has 5 nitrogen and oxygen atoms in total.